The van der Waals surface area contributed by atoms with Gasteiger partial charge in [0.2, 0.25) is 0 Å². The molecule has 17 heavy (non-hydrogen) atoms. The van der Waals surface area contributed by atoms with Crippen LogP contribution in [0.25, 0.3) is 0 Å². The van der Waals surface area contributed by atoms with Gasteiger partial charge in [-0.2, -0.15) is 0 Å². The van der Waals surface area contributed by atoms with E-state index in [-0.39, 0.29) is 5.97 Å². The third kappa shape index (κ3) is 3.30. The van der Waals surface area contributed by atoms with E-state index in [9.17, 15) is 4.79 Å². The Bertz CT molecular complexity index is 405. The molecule has 0 bridgehead atoms. The van der Waals surface area contributed by atoms with Crippen molar-refractivity contribution in [1.82, 2.24) is 5.32 Å². The second-order valence-electron chi connectivity index (χ2n) is 4.06. The molecule has 5 heteroatoms. The lowest BCUT2D eigenvalue weighted by molar-refractivity contribution is -0.142. The fourth-order valence-corrected chi connectivity index (χ4v) is 3.97. The largest absolute Gasteiger partial charge is 0.465 e. The number of carbonyl (C=O) groups is 1. The second-order valence-corrected chi connectivity index (χ2v) is 6.58. The van der Waals surface area contributed by atoms with Crippen LogP contribution < -0.4 is 5.32 Å². The van der Waals surface area contributed by atoms with E-state index in [4.69, 9.17) is 4.74 Å². The summed E-state index contributed by atoms with van der Waals surface area (Å²) in [5, 5.41) is 3.29. The van der Waals surface area contributed by atoms with Crippen LogP contribution in [0, 0.1) is 0 Å². The molecule has 0 radical (unpaired) electrons. The number of rotatable bonds is 4. The van der Waals surface area contributed by atoms with Crippen LogP contribution in [0.4, 0.5) is 0 Å². The molecule has 1 aliphatic carbocycles. The van der Waals surface area contributed by atoms with Crippen LogP contribution in [0.5, 0.6) is 0 Å². The van der Waals surface area contributed by atoms with Gasteiger partial charge in [0.15, 0.2) is 0 Å². The highest BCUT2D eigenvalue weighted by molar-refractivity contribution is 9.11. The molecule has 0 aromatic carbocycles. The summed E-state index contributed by atoms with van der Waals surface area (Å²) in [6.45, 7) is 2.57. The zero-order valence-corrected chi connectivity index (χ0v) is 12.2. The van der Waals surface area contributed by atoms with Crippen LogP contribution in [0.1, 0.15) is 36.2 Å². The predicted molar refractivity (Wildman–Crippen MR) is 72.3 cm³/mol. The lowest BCUT2D eigenvalue weighted by atomic mass is 9.94. The van der Waals surface area contributed by atoms with Crippen LogP contribution >= 0.6 is 27.3 Å². The van der Waals surface area contributed by atoms with Gasteiger partial charge in [0.05, 0.1) is 16.9 Å². The van der Waals surface area contributed by atoms with Crippen molar-refractivity contribution in [1.29, 1.82) is 0 Å². The molecule has 0 aliphatic heterocycles. The second kappa shape index (κ2) is 5.98. The van der Waals surface area contributed by atoms with E-state index in [0.29, 0.717) is 19.2 Å². The number of nitrogens with one attached hydrogen (secondary N) is 1. The number of ether oxygens (including phenoxy) is 1. The molecule has 1 atom stereocenters. The summed E-state index contributed by atoms with van der Waals surface area (Å²) in [4.78, 5) is 12.7. The van der Waals surface area contributed by atoms with Crippen LogP contribution in [0.15, 0.2) is 9.85 Å². The van der Waals surface area contributed by atoms with Gasteiger partial charge in [-0.25, -0.2) is 0 Å². The van der Waals surface area contributed by atoms with E-state index in [0.717, 1.165) is 12.8 Å². The topological polar surface area (TPSA) is 38.3 Å². The molecule has 0 saturated carbocycles. The summed E-state index contributed by atoms with van der Waals surface area (Å²) in [5.74, 6) is -0.172. The van der Waals surface area contributed by atoms with Crippen molar-refractivity contribution in [2.24, 2.45) is 0 Å². The molecule has 0 fully saturated rings. The number of aryl methyl sites for hydroxylation is 1. The lowest BCUT2D eigenvalue weighted by Crippen LogP contribution is -2.30. The molecule has 1 N–H and O–H groups in total. The van der Waals surface area contributed by atoms with Gasteiger partial charge >= 0.3 is 5.97 Å². The minimum atomic E-state index is -0.172. The fraction of sp³-hybridized carbons (Fsp3) is 0.583. The van der Waals surface area contributed by atoms with E-state index in [1.165, 1.54) is 20.6 Å². The molecular weight excluding hydrogens is 302 g/mol. The molecule has 0 spiro atoms. The minimum Gasteiger partial charge on any atom is -0.465 e. The first-order valence-electron chi connectivity index (χ1n) is 5.87. The number of esters is 1. The standard InChI is InChI=1S/C12H16BrNO2S/c1-2-16-12(15)7-14-9-4-3-5-10-8(9)6-11(13)17-10/h6,9,14H,2-5,7H2,1H3. The number of halogens is 1. The molecule has 0 amide bonds. The van der Waals surface area contributed by atoms with Crippen molar-refractivity contribution >= 4 is 33.2 Å². The van der Waals surface area contributed by atoms with Crippen LogP contribution in [-0.2, 0) is 16.0 Å². The Labute approximate surface area is 114 Å². The van der Waals surface area contributed by atoms with Crippen molar-refractivity contribution in [3.05, 3.63) is 20.3 Å². The van der Waals surface area contributed by atoms with Crippen LogP contribution in [0.3, 0.4) is 0 Å². The highest BCUT2D eigenvalue weighted by Gasteiger charge is 2.22. The summed E-state index contributed by atoms with van der Waals surface area (Å²) < 4.78 is 6.09. The average Bonchev–Trinajstić information content (AvgIpc) is 2.67. The first-order chi connectivity index (χ1) is 8.20. The fourth-order valence-electron chi connectivity index (χ4n) is 2.15. The van der Waals surface area contributed by atoms with Crippen LogP contribution in [0.2, 0.25) is 0 Å². The van der Waals surface area contributed by atoms with Gasteiger partial charge in [0.25, 0.3) is 0 Å². The number of hydrogen-bond acceptors (Lipinski definition) is 4. The zero-order chi connectivity index (χ0) is 12.3. The first kappa shape index (κ1) is 13.1. The van der Waals surface area contributed by atoms with Gasteiger partial charge in [-0.15, -0.1) is 11.3 Å². The molecule has 94 valence electrons. The Morgan fingerprint density at radius 1 is 1.71 bits per heavy atom. The number of carbonyl (C=O) groups excluding carboxylic acids is 1. The normalized spacial score (nSPS) is 18.8. The molecular formula is C12H16BrNO2S. The number of thiophene rings is 1. The predicted octanol–water partition coefficient (Wildman–Crippen LogP) is 3.04. The summed E-state index contributed by atoms with van der Waals surface area (Å²) in [5.41, 5.74) is 1.34. The molecule has 1 unspecified atom stereocenters. The van der Waals surface area contributed by atoms with Crippen molar-refractivity contribution < 1.29 is 9.53 Å². The Morgan fingerprint density at radius 2 is 2.53 bits per heavy atom. The van der Waals surface area contributed by atoms with Crippen molar-refractivity contribution in [2.75, 3.05) is 13.2 Å². The van der Waals surface area contributed by atoms with Crippen LogP contribution in [-0.4, -0.2) is 19.1 Å². The lowest BCUT2D eigenvalue weighted by Gasteiger charge is -2.23. The van der Waals surface area contributed by atoms with Gasteiger partial charge in [-0.05, 0) is 53.7 Å². The molecule has 0 saturated heterocycles. The quantitative estimate of drug-likeness (QED) is 0.867. The molecule has 1 heterocycles. The van der Waals surface area contributed by atoms with E-state index in [1.807, 2.05) is 6.92 Å². The van der Waals surface area contributed by atoms with E-state index in [1.54, 1.807) is 11.3 Å². The third-order valence-corrected chi connectivity index (χ3v) is 4.60. The molecule has 1 aliphatic rings. The summed E-state index contributed by atoms with van der Waals surface area (Å²) in [6, 6.07) is 2.47. The van der Waals surface area contributed by atoms with E-state index in [2.05, 4.69) is 27.3 Å². The summed E-state index contributed by atoms with van der Waals surface area (Å²) in [7, 11) is 0. The maximum Gasteiger partial charge on any atom is 0.319 e. The molecule has 2 rings (SSSR count). The average molecular weight is 318 g/mol. The smallest absolute Gasteiger partial charge is 0.319 e. The van der Waals surface area contributed by atoms with Gasteiger partial charge in [-0.3, -0.25) is 10.1 Å². The Morgan fingerprint density at radius 3 is 3.29 bits per heavy atom. The van der Waals surface area contributed by atoms with E-state index < -0.39 is 0 Å². The maximum atomic E-state index is 11.3. The summed E-state index contributed by atoms with van der Waals surface area (Å²) >= 11 is 5.32. The SMILES string of the molecule is CCOC(=O)CNC1CCCc2sc(Br)cc21. The molecule has 1 aromatic heterocycles. The van der Waals surface area contributed by atoms with Crippen molar-refractivity contribution in [3.8, 4) is 0 Å². The first-order valence-corrected chi connectivity index (χ1v) is 7.48. The Hall–Kier alpha value is -0.390. The molecule has 3 nitrogen and oxygen atoms in total. The highest BCUT2D eigenvalue weighted by atomic mass is 79.9. The maximum absolute atomic E-state index is 11.3. The number of fused-ring (bicyclic) bond motifs is 1. The van der Waals surface area contributed by atoms with Gasteiger partial charge in [0, 0.05) is 10.9 Å². The Kier molecular flexibility index (Phi) is 4.59. The highest BCUT2D eigenvalue weighted by Crippen LogP contribution is 2.37. The van der Waals surface area contributed by atoms with Gasteiger partial charge < -0.3 is 4.74 Å². The van der Waals surface area contributed by atoms with Gasteiger partial charge in [-0.1, -0.05) is 0 Å². The number of hydrogen-bond donors (Lipinski definition) is 1. The Balaban J connectivity index is 1.96. The zero-order valence-electron chi connectivity index (χ0n) is 9.79. The van der Waals surface area contributed by atoms with E-state index >= 15 is 0 Å². The van der Waals surface area contributed by atoms with Crippen molar-refractivity contribution in [3.63, 3.8) is 0 Å². The summed E-state index contributed by atoms with van der Waals surface area (Å²) in [6.07, 6.45) is 3.43. The monoisotopic (exact) mass is 317 g/mol. The minimum absolute atomic E-state index is 0.172. The molecule has 1 aromatic rings. The van der Waals surface area contributed by atoms with Crippen molar-refractivity contribution in [2.45, 2.75) is 32.2 Å². The van der Waals surface area contributed by atoms with Gasteiger partial charge in [0.1, 0.15) is 0 Å². The third-order valence-electron chi connectivity index (χ3n) is 2.88.